The molecule has 1 aromatic carbocycles. The van der Waals surface area contributed by atoms with Crippen LogP contribution in [0.25, 0.3) is 11.0 Å². The number of hydrogen-bond acceptors (Lipinski definition) is 8. The number of carbonyl (C=O) groups is 1. The third-order valence-corrected chi connectivity index (χ3v) is 5.90. The fraction of sp³-hybridized carbons (Fsp3) is 0.478. The minimum absolute atomic E-state index is 0.240. The molecule has 3 rings (SSSR count). The van der Waals surface area contributed by atoms with Gasteiger partial charge < -0.3 is 20.1 Å². The van der Waals surface area contributed by atoms with Gasteiger partial charge in [0.25, 0.3) is 5.91 Å². The van der Waals surface area contributed by atoms with Crippen LogP contribution in [0.5, 0.6) is 11.5 Å². The van der Waals surface area contributed by atoms with Crippen LogP contribution in [0.1, 0.15) is 37.6 Å². The zero-order chi connectivity index (χ0) is 23.8. The molecule has 1 amide bonds. The van der Waals surface area contributed by atoms with Crippen molar-refractivity contribution >= 4 is 34.5 Å². The molecule has 2 N–H and O–H groups in total. The smallest absolute Gasteiger partial charge is 0.255 e. The van der Waals surface area contributed by atoms with Gasteiger partial charge in [-0.1, -0.05) is 38.6 Å². The molecule has 0 aliphatic heterocycles. The van der Waals surface area contributed by atoms with E-state index in [1.165, 1.54) is 7.11 Å². The number of nitrogens with one attached hydrogen (secondary N) is 2. The van der Waals surface area contributed by atoms with Crippen molar-refractivity contribution in [2.45, 2.75) is 38.9 Å². The van der Waals surface area contributed by atoms with Gasteiger partial charge >= 0.3 is 0 Å². The lowest BCUT2D eigenvalue weighted by Crippen LogP contribution is -2.28. The van der Waals surface area contributed by atoms with Gasteiger partial charge in [0.1, 0.15) is 5.82 Å². The topological polar surface area (TPSA) is 103 Å². The van der Waals surface area contributed by atoms with Gasteiger partial charge in [-0.05, 0) is 24.5 Å². The molecule has 0 aliphatic rings. The van der Waals surface area contributed by atoms with Crippen molar-refractivity contribution in [2.75, 3.05) is 38.4 Å². The van der Waals surface area contributed by atoms with Crippen molar-refractivity contribution in [1.29, 1.82) is 0 Å². The van der Waals surface area contributed by atoms with Crippen LogP contribution in [0.3, 0.4) is 0 Å². The molecule has 0 aliphatic carbocycles. The normalized spacial score (nSPS) is 11.1. The van der Waals surface area contributed by atoms with Crippen LogP contribution >= 0.6 is 11.8 Å². The Hall–Kier alpha value is -3.01. The molecule has 0 bridgehead atoms. The van der Waals surface area contributed by atoms with Crippen LogP contribution in [-0.4, -0.2) is 58.7 Å². The molecular formula is C23H32N6O3S. The monoisotopic (exact) mass is 472 g/mol. The Morgan fingerprint density at radius 2 is 2.03 bits per heavy atom. The summed E-state index contributed by atoms with van der Waals surface area (Å²) < 4.78 is 12.5. The van der Waals surface area contributed by atoms with E-state index in [1.54, 1.807) is 47.9 Å². The van der Waals surface area contributed by atoms with E-state index in [0.717, 1.165) is 40.7 Å². The van der Waals surface area contributed by atoms with E-state index >= 15 is 0 Å². The summed E-state index contributed by atoms with van der Waals surface area (Å²) in [6.07, 6.45) is 2.82. The third kappa shape index (κ3) is 6.07. The molecular weight excluding hydrogens is 440 g/mol. The maximum Gasteiger partial charge on any atom is 0.255 e. The average Bonchev–Trinajstić information content (AvgIpc) is 3.23. The van der Waals surface area contributed by atoms with Gasteiger partial charge in [-0.2, -0.15) is 5.10 Å². The number of anilines is 1. The second-order valence-electron chi connectivity index (χ2n) is 7.88. The standard InChI is InChI=1S/C23H32N6O3S/c1-6-12-33-23-27-20(25-13-15(2)3)17-14-26-29(21(17)28-23)11-10-24-22(30)16-8-7-9-18(31-4)19(16)32-5/h7-9,14-15H,6,10-13H2,1-5H3,(H,24,30)(H,25,27,28). The molecule has 3 aromatic rings. The van der Waals surface area contributed by atoms with Crippen molar-refractivity contribution in [3.05, 3.63) is 30.0 Å². The maximum absolute atomic E-state index is 12.7. The summed E-state index contributed by atoms with van der Waals surface area (Å²) in [5, 5.41) is 12.5. The van der Waals surface area contributed by atoms with Crippen molar-refractivity contribution in [2.24, 2.45) is 5.92 Å². The highest BCUT2D eigenvalue weighted by Gasteiger charge is 2.17. The number of thioether (sulfide) groups is 1. The first-order chi connectivity index (χ1) is 16.0. The van der Waals surface area contributed by atoms with E-state index in [0.29, 0.717) is 36.1 Å². The summed E-state index contributed by atoms with van der Waals surface area (Å²) >= 11 is 1.63. The predicted molar refractivity (Wildman–Crippen MR) is 132 cm³/mol. The number of aromatic nitrogens is 4. The number of carbonyl (C=O) groups excluding carboxylic acids is 1. The van der Waals surface area contributed by atoms with Gasteiger partial charge in [0.15, 0.2) is 22.3 Å². The maximum atomic E-state index is 12.7. The minimum atomic E-state index is -0.240. The number of ether oxygens (including phenoxy) is 2. The molecule has 0 unspecified atom stereocenters. The number of methoxy groups -OCH3 is 2. The molecule has 0 fully saturated rings. The van der Waals surface area contributed by atoms with Crippen LogP contribution < -0.4 is 20.1 Å². The lowest BCUT2D eigenvalue weighted by Gasteiger charge is -2.13. The highest BCUT2D eigenvalue weighted by molar-refractivity contribution is 7.99. The van der Waals surface area contributed by atoms with Crippen LogP contribution in [0.4, 0.5) is 5.82 Å². The summed E-state index contributed by atoms with van der Waals surface area (Å²) in [6.45, 7) is 8.11. The SMILES string of the molecule is CCCSc1nc(NCC(C)C)c2cnn(CCNC(=O)c3cccc(OC)c3OC)c2n1. The van der Waals surface area contributed by atoms with E-state index in [-0.39, 0.29) is 5.91 Å². The molecule has 10 heteroatoms. The lowest BCUT2D eigenvalue weighted by atomic mass is 10.1. The number of hydrogen-bond donors (Lipinski definition) is 2. The largest absolute Gasteiger partial charge is 0.493 e. The van der Waals surface area contributed by atoms with Gasteiger partial charge in [-0.25, -0.2) is 14.6 Å². The van der Waals surface area contributed by atoms with Gasteiger partial charge in [0.2, 0.25) is 0 Å². The highest BCUT2D eigenvalue weighted by Crippen LogP contribution is 2.30. The van der Waals surface area contributed by atoms with Crippen molar-refractivity contribution in [3.8, 4) is 11.5 Å². The molecule has 2 aromatic heterocycles. The fourth-order valence-corrected chi connectivity index (χ4v) is 3.92. The Balaban J connectivity index is 1.76. The predicted octanol–water partition coefficient (Wildman–Crippen LogP) is 3.84. The second kappa shape index (κ2) is 11.7. The van der Waals surface area contributed by atoms with Crippen molar-refractivity contribution in [1.82, 2.24) is 25.1 Å². The molecule has 0 saturated carbocycles. The van der Waals surface area contributed by atoms with Crippen LogP contribution in [0.15, 0.2) is 29.6 Å². The van der Waals surface area contributed by atoms with Crippen molar-refractivity contribution < 1.29 is 14.3 Å². The Kier molecular flexibility index (Phi) is 8.76. The van der Waals surface area contributed by atoms with E-state index < -0.39 is 0 Å². The van der Waals surface area contributed by atoms with Crippen molar-refractivity contribution in [3.63, 3.8) is 0 Å². The van der Waals surface area contributed by atoms with Gasteiger partial charge in [0, 0.05) is 18.8 Å². The quantitative estimate of drug-likeness (QED) is 0.303. The summed E-state index contributed by atoms with van der Waals surface area (Å²) in [5.74, 6) is 2.91. The molecule has 33 heavy (non-hydrogen) atoms. The number of amides is 1. The average molecular weight is 473 g/mol. The zero-order valence-corrected chi connectivity index (χ0v) is 20.7. The van der Waals surface area contributed by atoms with Crippen LogP contribution in [0, 0.1) is 5.92 Å². The van der Waals surface area contributed by atoms with Gasteiger partial charge in [-0.3, -0.25) is 4.79 Å². The first kappa shape index (κ1) is 24.6. The Labute approximate surface area is 198 Å². The Morgan fingerprint density at radius 3 is 2.73 bits per heavy atom. The molecule has 0 atom stereocenters. The molecule has 0 spiro atoms. The molecule has 0 radical (unpaired) electrons. The molecule has 9 nitrogen and oxygen atoms in total. The highest BCUT2D eigenvalue weighted by atomic mass is 32.2. The number of fused-ring (bicyclic) bond motifs is 1. The fourth-order valence-electron chi connectivity index (χ4n) is 3.23. The zero-order valence-electron chi connectivity index (χ0n) is 19.8. The lowest BCUT2D eigenvalue weighted by molar-refractivity contribution is 0.0948. The second-order valence-corrected chi connectivity index (χ2v) is 8.94. The van der Waals surface area contributed by atoms with Crippen LogP contribution in [-0.2, 0) is 6.54 Å². The number of benzene rings is 1. The summed E-state index contributed by atoms with van der Waals surface area (Å²) in [7, 11) is 3.06. The summed E-state index contributed by atoms with van der Waals surface area (Å²) in [5.41, 5.74) is 1.17. The van der Waals surface area contributed by atoms with Crippen LogP contribution in [0.2, 0.25) is 0 Å². The van der Waals surface area contributed by atoms with E-state index in [1.807, 2.05) is 0 Å². The summed E-state index contributed by atoms with van der Waals surface area (Å²) in [6, 6.07) is 5.22. The number of para-hydroxylation sites is 1. The first-order valence-corrected chi connectivity index (χ1v) is 12.1. The Bertz CT molecular complexity index is 1090. The Morgan fingerprint density at radius 1 is 1.21 bits per heavy atom. The molecule has 178 valence electrons. The van der Waals surface area contributed by atoms with Gasteiger partial charge in [0.05, 0.1) is 37.9 Å². The molecule has 2 heterocycles. The molecule has 0 saturated heterocycles. The summed E-state index contributed by atoms with van der Waals surface area (Å²) in [4.78, 5) is 22.2. The first-order valence-electron chi connectivity index (χ1n) is 11.1. The van der Waals surface area contributed by atoms with Gasteiger partial charge in [-0.15, -0.1) is 0 Å². The van der Waals surface area contributed by atoms with E-state index in [9.17, 15) is 4.79 Å². The minimum Gasteiger partial charge on any atom is -0.493 e. The third-order valence-electron chi connectivity index (χ3n) is 4.85. The van der Waals surface area contributed by atoms with E-state index in [4.69, 9.17) is 19.4 Å². The number of nitrogens with zero attached hydrogens (tertiary/aromatic N) is 4. The van der Waals surface area contributed by atoms with E-state index in [2.05, 4.69) is 36.5 Å². The number of rotatable bonds is 12.